The van der Waals surface area contributed by atoms with Crippen molar-refractivity contribution in [1.82, 2.24) is 4.90 Å². The normalized spacial score (nSPS) is 17.0. The fourth-order valence-corrected chi connectivity index (χ4v) is 2.28. The van der Waals surface area contributed by atoms with Crippen LogP contribution in [-0.2, 0) is 6.42 Å². The second kappa shape index (κ2) is 8.76. The second-order valence-corrected chi connectivity index (χ2v) is 4.46. The summed E-state index contributed by atoms with van der Waals surface area (Å²) < 4.78 is 0. The third-order valence-electron chi connectivity index (χ3n) is 3.03. The van der Waals surface area contributed by atoms with E-state index >= 15 is 0 Å². The molecule has 1 atom stereocenters. The summed E-state index contributed by atoms with van der Waals surface area (Å²) >= 11 is 0. The molecule has 1 aliphatic heterocycles. The zero-order valence-electron chi connectivity index (χ0n) is 10.0. The van der Waals surface area contributed by atoms with Crippen molar-refractivity contribution in [3.63, 3.8) is 0 Å². The molecule has 2 nitrogen and oxygen atoms in total. The molecule has 17 heavy (non-hydrogen) atoms. The lowest BCUT2D eigenvalue weighted by Gasteiger charge is -2.20. The van der Waals surface area contributed by atoms with Crippen LogP contribution in [0.1, 0.15) is 18.4 Å². The molecule has 0 aromatic heterocycles. The first-order valence-corrected chi connectivity index (χ1v) is 5.86. The lowest BCUT2D eigenvalue weighted by Crippen LogP contribution is -2.37. The Balaban J connectivity index is 0.00000128. The van der Waals surface area contributed by atoms with E-state index in [1.807, 2.05) is 0 Å². The number of nitrogens with zero attached hydrogens (tertiary/aromatic N) is 1. The van der Waals surface area contributed by atoms with Gasteiger partial charge in [0.1, 0.15) is 0 Å². The maximum absolute atomic E-state index is 6.14. The van der Waals surface area contributed by atoms with Crippen LogP contribution in [0.4, 0.5) is 0 Å². The highest BCUT2D eigenvalue weighted by atomic mass is 35.5. The van der Waals surface area contributed by atoms with E-state index in [9.17, 15) is 0 Å². The SMILES string of the molecule is Cl.Cl.N[C@@H](Cc1ccccc1)CN1CCCC1. The Morgan fingerprint density at radius 3 is 2.24 bits per heavy atom. The standard InChI is InChI=1S/C13H20N2.2ClH/c14-13(11-15-8-4-5-9-15)10-12-6-2-1-3-7-12;;/h1-3,6-7,13H,4-5,8-11,14H2;2*1H/t13-;;/m0../s1. The molecule has 0 radical (unpaired) electrons. The van der Waals surface area contributed by atoms with Crippen LogP contribution >= 0.6 is 24.8 Å². The third kappa shape index (κ3) is 5.73. The van der Waals surface area contributed by atoms with E-state index in [2.05, 4.69) is 35.2 Å². The van der Waals surface area contributed by atoms with Crippen LogP contribution in [0, 0.1) is 0 Å². The predicted molar refractivity (Wildman–Crippen MR) is 78.3 cm³/mol. The van der Waals surface area contributed by atoms with Crippen molar-refractivity contribution in [3.8, 4) is 0 Å². The van der Waals surface area contributed by atoms with Crippen molar-refractivity contribution in [2.45, 2.75) is 25.3 Å². The van der Waals surface area contributed by atoms with Gasteiger partial charge in [-0.3, -0.25) is 0 Å². The number of nitrogens with two attached hydrogens (primary N) is 1. The molecule has 2 N–H and O–H groups in total. The maximum atomic E-state index is 6.14. The highest BCUT2D eigenvalue weighted by molar-refractivity contribution is 5.85. The van der Waals surface area contributed by atoms with Crippen LogP contribution in [0.3, 0.4) is 0 Å². The number of hydrogen-bond acceptors (Lipinski definition) is 2. The van der Waals surface area contributed by atoms with Gasteiger partial charge in [-0.2, -0.15) is 0 Å². The van der Waals surface area contributed by atoms with Crippen LogP contribution < -0.4 is 5.73 Å². The zero-order chi connectivity index (χ0) is 10.5. The fourth-order valence-electron chi connectivity index (χ4n) is 2.28. The Labute approximate surface area is 116 Å². The largest absolute Gasteiger partial charge is 0.326 e. The quantitative estimate of drug-likeness (QED) is 0.916. The van der Waals surface area contributed by atoms with Gasteiger partial charge >= 0.3 is 0 Å². The molecular weight excluding hydrogens is 255 g/mol. The molecule has 2 rings (SSSR count). The molecule has 1 aliphatic rings. The van der Waals surface area contributed by atoms with Gasteiger partial charge in [0, 0.05) is 12.6 Å². The van der Waals surface area contributed by atoms with Gasteiger partial charge in [-0.15, -0.1) is 24.8 Å². The highest BCUT2D eigenvalue weighted by Gasteiger charge is 2.14. The molecule has 0 aliphatic carbocycles. The van der Waals surface area contributed by atoms with E-state index in [1.165, 1.54) is 31.5 Å². The topological polar surface area (TPSA) is 29.3 Å². The fraction of sp³-hybridized carbons (Fsp3) is 0.538. The molecule has 0 spiro atoms. The van der Waals surface area contributed by atoms with E-state index in [1.54, 1.807) is 0 Å². The Morgan fingerprint density at radius 1 is 1.06 bits per heavy atom. The van der Waals surface area contributed by atoms with Gasteiger partial charge < -0.3 is 10.6 Å². The van der Waals surface area contributed by atoms with Crippen molar-refractivity contribution < 1.29 is 0 Å². The van der Waals surface area contributed by atoms with Crippen LogP contribution in [0.15, 0.2) is 30.3 Å². The summed E-state index contributed by atoms with van der Waals surface area (Å²) in [5, 5.41) is 0. The molecule has 0 amide bonds. The van der Waals surface area contributed by atoms with Gasteiger partial charge in [-0.1, -0.05) is 30.3 Å². The summed E-state index contributed by atoms with van der Waals surface area (Å²) in [7, 11) is 0. The van der Waals surface area contributed by atoms with E-state index in [0.29, 0.717) is 0 Å². The molecule has 4 heteroatoms. The minimum absolute atomic E-state index is 0. The number of benzene rings is 1. The van der Waals surface area contributed by atoms with Gasteiger partial charge in [0.2, 0.25) is 0 Å². The average Bonchev–Trinajstić information content (AvgIpc) is 2.71. The lowest BCUT2D eigenvalue weighted by atomic mass is 10.1. The average molecular weight is 277 g/mol. The molecule has 0 bridgehead atoms. The predicted octanol–water partition coefficient (Wildman–Crippen LogP) is 2.50. The number of likely N-dealkylation sites (tertiary alicyclic amines) is 1. The van der Waals surface area contributed by atoms with Crippen LogP contribution in [0.2, 0.25) is 0 Å². The van der Waals surface area contributed by atoms with Gasteiger partial charge in [0.05, 0.1) is 0 Å². The van der Waals surface area contributed by atoms with E-state index < -0.39 is 0 Å². The molecule has 1 saturated heterocycles. The van der Waals surface area contributed by atoms with Crippen molar-refractivity contribution >= 4 is 24.8 Å². The van der Waals surface area contributed by atoms with Crippen molar-refractivity contribution in [2.75, 3.05) is 19.6 Å². The van der Waals surface area contributed by atoms with Crippen molar-refractivity contribution in [1.29, 1.82) is 0 Å². The molecular formula is C13H22Cl2N2. The molecule has 1 aromatic rings. The Bertz CT molecular complexity index is 287. The lowest BCUT2D eigenvalue weighted by molar-refractivity contribution is 0.313. The Kier molecular flexibility index (Phi) is 8.61. The summed E-state index contributed by atoms with van der Waals surface area (Å²) in [5.41, 5.74) is 7.49. The van der Waals surface area contributed by atoms with E-state index in [0.717, 1.165) is 13.0 Å². The molecule has 98 valence electrons. The van der Waals surface area contributed by atoms with Gasteiger partial charge in [-0.25, -0.2) is 0 Å². The van der Waals surface area contributed by atoms with Crippen LogP contribution in [0.25, 0.3) is 0 Å². The van der Waals surface area contributed by atoms with Gasteiger partial charge in [0.25, 0.3) is 0 Å². The molecule has 0 unspecified atom stereocenters. The number of halogens is 2. The minimum Gasteiger partial charge on any atom is -0.326 e. The Hall–Kier alpha value is -0.280. The number of hydrogen-bond donors (Lipinski definition) is 1. The summed E-state index contributed by atoms with van der Waals surface area (Å²) in [6, 6.07) is 10.8. The van der Waals surface area contributed by atoms with E-state index in [-0.39, 0.29) is 30.9 Å². The molecule has 0 saturated carbocycles. The van der Waals surface area contributed by atoms with Gasteiger partial charge in [-0.05, 0) is 37.9 Å². The molecule has 1 fully saturated rings. The highest BCUT2D eigenvalue weighted by Crippen LogP contribution is 2.09. The summed E-state index contributed by atoms with van der Waals surface area (Å²) in [6.07, 6.45) is 3.69. The maximum Gasteiger partial charge on any atom is 0.0208 e. The smallest absolute Gasteiger partial charge is 0.0208 e. The van der Waals surface area contributed by atoms with Crippen LogP contribution in [-0.4, -0.2) is 30.6 Å². The van der Waals surface area contributed by atoms with Crippen molar-refractivity contribution in [2.24, 2.45) is 5.73 Å². The summed E-state index contributed by atoms with van der Waals surface area (Å²) in [4.78, 5) is 2.48. The first-order chi connectivity index (χ1) is 7.34. The molecule has 1 aromatic carbocycles. The number of rotatable bonds is 4. The van der Waals surface area contributed by atoms with E-state index in [4.69, 9.17) is 5.73 Å². The second-order valence-electron chi connectivity index (χ2n) is 4.46. The molecule has 1 heterocycles. The summed E-state index contributed by atoms with van der Waals surface area (Å²) in [5.74, 6) is 0. The van der Waals surface area contributed by atoms with Gasteiger partial charge in [0.15, 0.2) is 0 Å². The minimum atomic E-state index is 0. The van der Waals surface area contributed by atoms with Crippen molar-refractivity contribution in [3.05, 3.63) is 35.9 Å². The zero-order valence-corrected chi connectivity index (χ0v) is 11.7. The van der Waals surface area contributed by atoms with Crippen LogP contribution in [0.5, 0.6) is 0 Å². The first-order valence-electron chi connectivity index (χ1n) is 5.86. The third-order valence-corrected chi connectivity index (χ3v) is 3.03. The Morgan fingerprint density at radius 2 is 1.65 bits per heavy atom. The first kappa shape index (κ1) is 16.7. The monoisotopic (exact) mass is 276 g/mol. The summed E-state index contributed by atoms with van der Waals surface area (Å²) in [6.45, 7) is 3.53.